The van der Waals surface area contributed by atoms with Crippen molar-refractivity contribution in [2.75, 3.05) is 13.1 Å². The highest BCUT2D eigenvalue weighted by molar-refractivity contribution is 5.95. The lowest BCUT2D eigenvalue weighted by atomic mass is 9.97. The minimum atomic E-state index is -0.498. The summed E-state index contributed by atoms with van der Waals surface area (Å²) < 4.78 is 10.9. The Hall–Kier alpha value is -1.78. The van der Waals surface area contributed by atoms with Gasteiger partial charge in [-0.15, -0.1) is 0 Å². The SMILES string of the molecule is Cc1cc(C(=O)N2CCCC(C(=O)OC(C)(C)C)C2)c(C)o1. The van der Waals surface area contributed by atoms with E-state index < -0.39 is 5.60 Å². The van der Waals surface area contributed by atoms with Crippen LogP contribution in [0.25, 0.3) is 0 Å². The van der Waals surface area contributed by atoms with Crippen molar-refractivity contribution < 1.29 is 18.7 Å². The van der Waals surface area contributed by atoms with Crippen molar-refractivity contribution in [1.29, 1.82) is 0 Å². The Labute approximate surface area is 131 Å². The number of carbonyl (C=O) groups is 2. The molecule has 0 aromatic carbocycles. The van der Waals surface area contributed by atoms with Crippen LogP contribution in [-0.4, -0.2) is 35.5 Å². The summed E-state index contributed by atoms with van der Waals surface area (Å²) in [6.07, 6.45) is 1.58. The zero-order chi connectivity index (χ0) is 16.5. The molecule has 0 bridgehead atoms. The zero-order valence-electron chi connectivity index (χ0n) is 14.1. The third-order valence-corrected chi connectivity index (χ3v) is 3.72. The molecule has 5 heteroatoms. The van der Waals surface area contributed by atoms with E-state index in [9.17, 15) is 9.59 Å². The molecule has 0 radical (unpaired) electrons. The Balaban J connectivity index is 2.06. The minimum Gasteiger partial charge on any atom is -0.466 e. The van der Waals surface area contributed by atoms with E-state index in [4.69, 9.17) is 9.15 Å². The van der Waals surface area contributed by atoms with Gasteiger partial charge in [0.1, 0.15) is 17.1 Å². The number of ether oxygens (including phenoxy) is 1. The summed E-state index contributed by atoms with van der Waals surface area (Å²) in [7, 11) is 0. The summed E-state index contributed by atoms with van der Waals surface area (Å²) in [4.78, 5) is 26.5. The van der Waals surface area contributed by atoms with E-state index in [0.717, 1.165) is 18.6 Å². The van der Waals surface area contributed by atoms with Crippen LogP contribution in [0.4, 0.5) is 0 Å². The lowest BCUT2D eigenvalue weighted by Gasteiger charge is -2.33. The van der Waals surface area contributed by atoms with Gasteiger partial charge in [-0.25, -0.2) is 0 Å². The Morgan fingerprint density at radius 1 is 1.32 bits per heavy atom. The maximum absolute atomic E-state index is 12.6. The summed E-state index contributed by atoms with van der Waals surface area (Å²) in [6.45, 7) is 10.3. The molecule has 0 N–H and O–H groups in total. The fourth-order valence-electron chi connectivity index (χ4n) is 2.75. The monoisotopic (exact) mass is 307 g/mol. The molecule has 1 saturated heterocycles. The molecule has 0 saturated carbocycles. The quantitative estimate of drug-likeness (QED) is 0.788. The number of furan rings is 1. The second kappa shape index (κ2) is 6.15. The lowest BCUT2D eigenvalue weighted by molar-refractivity contribution is -0.161. The number of likely N-dealkylation sites (tertiary alicyclic amines) is 1. The van der Waals surface area contributed by atoms with Gasteiger partial charge < -0.3 is 14.1 Å². The predicted molar refractivity (Wildman–Crippen MR) is 82.7 cm³/mol. The van der Waals surface area contributed by atoms with Crippen molar-refractivity contribution in [2.45, 2.75) is 53.1 Å². The second-order valence-electron chi connectivity index (χ2n) is 6.95. The van der Waals surface area contributed by atoms with Crippen molar-refractivity contribution in [1.82, 2.24) is 4.90 Å². The fourth-order valence-corrected chi connectivity index (χ4v) is 2.75. The molecule has 1 fully saturated rings. The molecule has 1 aliphatic rings. The summed E-state index contributed by atoms with van der Waals surface area (Å²) >= 11 is 0. The summed E-state index contributed by atoms with van der Waals surface area (Å²) in [5.41, 5.74) is 0.0871. The average molecular weight is 307 g/mol. The Morgan fingerprint density at radius 2 is 2.00 bits per heavy atom. The topological polar surface area (TPSA) is 59.8 Å². The first kappa shape index (κ1) is 16.6. The summed E-state index contributed by atoms with van der Waals surface area (Å²) in [5.74, 6) is 0.821. The van der Waals surface area contributed by atoms with Gasteiger partial charge in [0.2, 0.25) is 0 Å². The molecule has 5 nitrogen and oxygen atoms in total. The van der Waals surface area contributed by atoms with Gasteiger partial charge in [0.05, 0.1) is 11.5 Å². The number of amides is 1. The molecule has 1 aromatic rings. The van der Waals surface area contributed by atoms with Crippen molar-refractivity contribution >= 4 is 11.9 Å². The molecule has 1 amide bonds. The van der Waals surface area contributed by atoms with Gasteiger partial charge in [-0.3, -0.25) is 9.59 Å². The molecule has 0 spiro atoms. The van der Waals surface area contributed by atoms with Gasteiger partial charge in [-0.05, 0) is 53.5 Å². The summed E-state index contributed by atoms with van der Waals surface area (Å²) in [6, 6.07) is 1.76. The number of nitrogens with zero attached hydrogens (tertiary/aromatic N) is 1. The largest absolute Gasteiger partial charge is 0.466 e. The summed E-state index contributed by atoms with van der Waals surface area (Å²) in [5, 5.41) is 0. The normalized spacial score (nSPS) is 19.1. The van der Waals surface area contributed by atoms with Crippen LogP contribution in [-0.2, 0) is 9.53 Å². The van der Waals surface area contributed by atoms with Gasteiger partial charge >= 0.3 is 5.97 Å². The van der Waals surface area contributed by atoms with E-state index in [0.29, 0.717) is 24.4 Å². The van der Waals surface area contributed by atoms with Crippen LogP contribution in [0, 0.1) is 19.8 Å². The first-order valence-electron chi connectivity index (χ1n) is 7.76. The van der Waals surface area contributed by atoms with Crippen molar-refractivity contribution in [3.8, 4) is 0 Å². The number of rotatable bonds is 2. The van der Waals surface area contributed by atoms with Crippen LogP contribution in [0.15, 0.2) is 10.5 Å². The van der Waals surface area contributed by atoms with E-state index in [2.05, 4.69) is 0 Å². The van der Waals surface area contributed by atoms with Gasteiger partial charge in [0.25, 0.3) is 5.91 Å². The number of esters is 1. The average Bonchev–Trinajstić information content (AvgIpc) is 2.75. The third kappa shape index (κ3) is 3.90. The minimum absolute atomic E-state index is 0.0670. The smallest absolute Gasteiger partial charge is 0.311 e. The predicted octanol–water partition coefficient (Wildman–Crippen LogP) is 3.09. The molecule has 1 unspecified atom stereocenters. The second-order valence-corrected chi connectivity index (χ2v) is 6.95. The maximum Gasteiger partial charge on any atom is 0.311 e. The molecule has 0 aliphatic carbocycles. The van der Waals surface area contributed by atoms with Crippen molar-refractivity contribution in [2.24, 2.45) is 5.92 Å². The molecule has 122 valence electrons. The van der Waals surface area contributed by atoms with E-state index in [1.54, 1.807) is 17.9 Å². The highest BCUT2D eigenvalue weighted by atomic mass is 16.6. The molecule has 2 rings (SSSR count). The third-order valence-electron chi connectivity index (χ3n) is 3.72. The molecular weight excluding hydrogens is 282 g/mol. The molecule has 22 heavy (non-hydrogen) atoms. The highest BCUT2D eigenvalue weighted by Gasteiger charge is 2.32. The fraction of sp³-hybridized carbons (Fsp3) is 0.647. The van der Waals surface area contributed by atoms with Gasteiger partial charge in [0.15, 0.2) is 0 Å². The standard InChI is InChI=1S/C17H25NO4/c1-11-9-14(12(2)21-11)15(19)18-8-6-7-13(10-18)16(20)22-17(3,4)5/h9,13H,6-8,10H2,1-5H3. The van der Waals surface area contributed by atoms with Crippen LogP contribution in [0.2, 0.25) is 0 Å². The van der Waals surface area contributed by atoms with Crippen LogP contribution >= 0.6 is 0 Å². The number of piperidine rings is 1. The van der Waals surface area contributed by atoms with Crippen LogP contribution < -0.4 is 0 Å². The van der Waals surface area contributed by atoms with Gasteiger partial charge in [-0.2, -0.15) is 0 Å². The van der Waals surface area contributed by atoms with E-state index in [-0.39, 0.29) is 17.8 Å². The molecule has 2 heterocycles. The molecule has 1 aliphatic heterocycles. The van der Waals surface area contributed by atoms with E-state index in [1.807, 2.05) is 27.7 Å². The molecule has 1 atom stereocenters. The first-order valence-corrected chi connectivity index (χ1v) is 7.76. The van der Waals surface area contributed by atoms with Gasteiger partial charge in [0, 0.05) is 13.1 Å². The maximum atomic E-state index is 12.6. The first-order chi connectivity index (χ1) is 10.2. The Bertz CT molecular complexity index is 568. The number of aryl methyl sites for hydroxylation is 2. The van der Waals surface area contributed by atoms with E-state index >= 15 is 0 Å². The Morgan fingerprint density at radius 3 is 2.55 bits per heavy atom. The highest BCUT2D eigenvalue weighted by Crippen LogP contribution is 2.24. The van der Waals surface area contributed by atoms with Gasteiger partial charge in [-0.1, -0.05) is 0 Å². The van der Waals surface area contributed by atoms with Crippen LogP contribution in [0.3, 0.4) is 0 Å². The Kier molecular flexibility index (Phi) is 4.63. The molecule has 1 aromatic heterocycles. The van der Waals surface area contributed by atoms with Crippen LogP contribution in [0.1, 0.15) is 55.5 Å². The van der Waals surface area contributed by atoms with Crippen molar-refractivity contribution in [3.63, 3.8) is 0 Å². The molecular formula is C17H25NO4. The van der Waals surface area contributed by atoms with Crippen molar-refractivity contribution in [3.05, 3.63) is 23.2 Å². The van der Waals surface area contributed by atoms with Crippen LogP contribution in [0.5, 0.6) is 0 Å². The van der Waals surface area contributed by atoms with E-state index in [1.165, 1.54) is 0 Å². The number of hydrogen-bond donors (Lipinski definition) is 0. The number of hydrogen-bond acceptors (Lipinski definition) is 4. The zero-order valence-corrected chi connectivity index (χ0v) is 14.1. The lowest BCUT2D eigenvalue weighted by Crippen LogP contribution is -2.44. The number of carbonyl (C=O) groups excluding carboxylic acids is 2.